The molecular weight excluding hydrogens is 308 g/mol. The van der Waals surface area contributed by atoms with Gasteiger partial charge in [0.2, 0.25) is 0 Å². The van der Waals surface area contributed by atoms with Crippen LogP contribution < -0.4 is 5.32 Å². The van der Waals surface area contributed by atoms with Crippen LogP contribution in [0.5, 0.6) is 0 Å². The van der Waals surface area contributed by atoms with Gasteiger partial charge in [-0.25, -0.2) is 8.42 Å². The molecular formula is C14H22N2O3S2. The van der Waals surface area contributed by atoms with E-state index >= 15 is 0 Å². The number of nitrogens with zero attached hydrogens (tertiary/aromatic N) is 1. The van der Waals surface area contributed by atoms with Crippen LogP contribution in [0.15, 0.2) is 29.0 Å². The topological polar surface area (TPSA) is 58.6 Å². The average Bonchev–Trinajstić information content (AvgIpc) is 3.17. The summed E-state index contributed by atoms with van der Waals surface area (Å²) in [5.41, 5.74) is 0. The molecule has 0 amide bonds. The second-order valence-electron chi connectivity index (χ2n) is 5.02. The summed E-state index contributed by atoms with van der Waals surface area (Å²) in [7, 11) is -1.90. The van der Waals surface area contributed by atoms with Crippen LogP contribution in [-0.4, -0.2) is 45.6 Å². The first-order valence-corrected chi connectivity index (χ1v) is 9.25. The first-order chi connectivity index (χ1) is 10.1. The van der Waals surface area contributed by atoms with E-state index in [-0.39, 0.29) is 0 Å². The van der Waals surface area contributed by atoms with Gasteiger partial charge in [0.1, 0.15) is 4.21 Å². The molecule has 1 aromatic heterocycles. The minimum atomic E-state index is -3.46. The van der Waals surface area contributed by atoms with E-state index in [4.69, 9.17) is 4.74 Å². The Balaban J connectivity index is 2.06. The number of rotatable bonds is 10. The summed E-state index contributed by atoms with van der Waals surface area (Å²) >= 11 is 1.33. The van der Waals surface area contributed by atoms with E-state index in [2.05, 4.69) is 11.9 Å². The highest BCUT2D eigenvalue weighted by atomic mass is 32.2. The molecule has 118 valence electrons. The molecule has 1 aliphatic rings. The van der Waals surface area contributed by atoms with Crippen molar-refractivity contribution < 1.29 is 13.2 Å². The summed E-state index contributed by atoms with van der Waals surface area (Å²) in [6.07, 6.45) is 4.04. The van der Waals surface area contributed by atoms with Crippen LogP contribution in [0.4, 0.5) is 0 Å². The Labute approximate surface area is 130 Å². The SMILES string of the molecule is C=CCN(CCOC)S(=O)(=O)c1ccc(CNC2CC2)s1. The quantitative estimate of drug-likeness (QED) is 0.665. The largest absolute Gasteiger partial charge is 0.383 e. The van der Waals surface area contributed by atoms with Crippen LogP contribution in [0.3, 0.4) is 0 Å². The molecule has 0 aromatic carbocycles. The van der Waals surface area contributed by atoms with Gasteiger partial charge >= 0.3 is 0 Å². The molecule has 2 rings (SSSR count). The van der Waals surface area contributed by atoms with Crippen LogP contribution in [0, 0.1) is 0 Å². The molecule has 1 heterocycles. The van der Waals surface area contributed by atoms with Gasteiger partial charge in [0.25, 0.3) is 10.0 Å². The van der Waals surface area contributed by atoms with Crippen molar-refractivity contribution in [1.29, 1.82) is 0 Å². The molecule has 1 aliphatic carbocycles. The molecule has 21 heavy (non-hydrogen) atoms. The zero-order chi connectivity index (χ0) is 15.3. The van der Waals surface area contributed by atoms with Crippen molar-refractivity contribution in [2.24, 2.45) is 0 Å². The summed E-state index contributed by atoms with van der Waals surface area (Å²) < 4.78 is 32.0. The Hall–Kier alpha value is -0.730. The van der Waals surface area contributed by atoms with Gasteiger partial charge in [0, 0.05) is 37.7 Å². The Morgan fingerprint density at radius 1 is 1.52 bits per heavy atom. The van der Waals surface area contributed by atoms with E-state index in [0.29, 0.717) is 29.9 Å². The molecule has 0 radical (unpaired) electrons. The zero-order valence-corrected chi connectivity index (χ0v) is 13.9. The smallest absolute Gasteiger partial charge is 0.252 e. The number of ether oxygens (including phenoxy) is 1. The van der Waals surface area contributed by atoms with E-state index in [0.717, 1.165) is 11.4 Å². The number of thiophene rings is 1. The van der Waals surface area contributed by atoms with Crippen LogP contribution in [-0.2, 0) is 21.3 Å². The molecule has 7 heteroatoms. The molecule has 1 fully saturated rings. The van der Waals surface area contributed by atoms with Gasteiger partial charge < -0.3 is 10.1 Å². The Kier molecular flexibility index (Phi) is 5.95. The third kappa shape index (κ3) is 4.62. The maximum atomic E-state index is 12.6. The second-order valence-corrected chi connectivity index (χ2v) is 8.35. The van der Waals surface area contributed by atoms with Gasteiger partial charge in [-0.2, -0.15) is 4.31 Å². The third-order valence-corrected chi connectivity index (χ3v) is 6.67. The van der Waals surface area contributed by atoms with Gasteiger partial charge in [0.15, 0.2) is 0 Å². The molecule has 5 nitrogen and oxygen atoms in total. The Morgan fingerprint density at radius 3 is 2.90 bits per heavy atom. The summed E-state index contributed by atoms with van der Waals surface area (Å²) in [5.74, 6) is 0. The fraction of sp³-hybridized carbons (Fsp3) is 0.571. The second kappa shape index (κ2) is 7.51. The fourth-order valence-corrected chi connectivity index (χ4v) is 4.75. The lowest BCUT2D eigenvalue weighted by molar-refractivity contribution is 0.182. The molecule has 0 bridgehead atoms. The molecule has 0 saturated heterocycles. The van der Waals surface area contributed by atoms with Gasteiger partial charge in [-0.1, -0.05) is 6.08 Å². The number of methoxy groups -OCH3 is 1. The molecule has 0 spiro atoms. The molecule has 1 aromatic rings. The average molecular weight is 330 g/mol. The van der Waals surface area contributed by atoms with Crippen molar-refractivity contribution in [3.8, 4) is 0 Å². The summed E-state index contributed by atoms with van der Waals surface area (Å²) in [4.78, 5) is 1.05. The predicted molar refractivity (Wildman–Crippen MR) is 85.0 cm³/mol. The van der Waals surface area contributed by atoms with E-state index in [1.165, 1.54) is 28.5 Å². The first kappa shape index (κ1) is 16.6. The summed E-state index contributed by atoms with van der Waals surface area (Å²) in [6, 6.07) is 4.19. The number of hydrogen-bond acceptors (Lipinski definition) is 5. The number of sulfonamides is 1. The standard InChI is InChI=1S/C14H22N2O3S2/c1-3-8-16(9-10-19-2)21(17,18)14-7-6-13(20-14)11-15-12-4-5-12/h3,6-7,12,15H,1,4-5,8-11H2,2H3. The lowest BCUT2D eigenvalue weighted by Crippen LogP contribution is -2.33. The molecule has 0 atom stereocenters. The van der Waals surface area contributed by atoms with E-state index in [9.17, 15) is 8.42 Å². The minimum Gasteiger partial charge on any atom is -0.383 e. The monoisotopic (exact) mass is 330 g/mol. The van der Waals surface area contributed by atoms with Crippen LogP contribution in [0.1, 0.15) is 17.7 Å². The first-order valence-electron chi connectivity index (χ1n) is 7.00. The van der Waals surface area contributed by atoms with Gasteiger partial charge in [-0.15, -0.1) is 17.9 Å². The Morgan fingerprint density at radius 2 is 2.29 bits per heavy atom. The van der Waals surface area contributed by atoms with Gasteiger partial charge in [-0.3, -0.25) is 0 Å². The van der Waals surface area contributed by atoms with Crippen molar-refractivity contribution in [2.75, 3.05) is 26.8 Å². The lowest BCUT2D eigenvalue weighted by Gasteiger charge is -2.19. The van der Waals surface area contributed by atoms with Crippen LogP contribution >= 0.6 is 11.3 Å². The van der Waals surface area contributed by atoms with Gasteiger partial charge in [-0.05, 0) is 25.0 Å². The lowest BCUT2D eigenvalue weighted by atomic mass is 10.4. The van der Waals surface area contributed by atoms with E-state index < -0.39 is 10.0 Å². The third-order valence-electron chi connectivity index (χ3n) is 3.25. The van der Waals surface area contributed by atoms with Crippen LogP contribution in [0.25, 0.3) is 0 Å². The van der Waals surface area contributed by atoms with E-state index in [1.54, 1.807) is 19.3 Å². The van der Waals surface area contributed by atoms with Crippen molar-refractivity contribution >= 4 is 21.4 Å². The highest BCUT2D eigenvalue weighted by Crippen LogP contribution is 2.26. The highest BCUT2D eigenvalue weighted by Gasteiger charge is 2.25. The molecule has 1 saturated carbocycles. The fourth-order valence-electron chi connectivity index (χ4n) is 1.90. The predicted octanol–water partition coefficient (Wildman–Crippen LogP) is 1.82. The van der Waals surface area contributed by atoms with Crippen molar-refractivity contribution in [3.05, 3.63) is 29.7 Å². The summed E-state index contributed by atoms with van der Waals surface area (Å²) in [6.45, 7) is 5.36. The number of hydrogen-bond donors (Lipinski definition) is 1. The van der Waals surface area contributed by atoms with Crippen LogP contribution in [0.2, 0.25) is 0 Å². The van der Waals surface area contributed by atoms with Crippen molar-refractivity contribution in [1.82, 2.24) is 9.62 Å². The van der Waals surface area contributed by atoms with E-state index in [1.807, 2.05) is 6.07 Å². The Bertz CT molecular complexity index is 565. The molecule has 0 aliphatic heterocycles. The van der Waals surface area contributed by atoms with Crippen molar-refractivity contribution in [3.63, 3.8) is 0 Å². The number of nitrogens with one attached hydrogen (secondary N) is 1. The maximum Gasteiger partial charge on any atom is 0.252 e. The summed E-state index contributed by atoms with van der Waals surface area (Å²) in [5, 5.41) is 3.39. The molecule has 0 unspecified atom stereocenters. The molecule has 1 N–H and O–H groups in total. The van der Waals surface area contributed by atoms with Gasteiger partial charge in [0.05, 0.1) is 6.61 Å². The normalized spacial score (nSPS) is 15.5. The maximum absolute atomic E-state index is 12.6. The highest BCUT2D eigenvalue weighted by molar-refractivity contribution is 7.91. The zero-order valence-electron chi connectivity index (χ0n) is 12.2. The van der Waals surface area contributed by atoms with Crippen molar-refractivity contribution in [2.45, 2.75) is 29.6 Å². The minimum absolute atomic E-state index is 0.291.